The molecule has 0 aliphatic heterocycles. The maximum atomic E-state index is 11.8. The number of rotatable bonds is 6. The third-order valence-electron chi connectivity index (χ3n) is 3.02. The van der Waals surface area contributed by atoms with Crippen molar-refractivity contribution in [1.82, 2.24) is 10.6 Å². The molecule has 1 heterocycles. The number of thiophene rings is 1. The minimum Gasteiger partial charge on any atom is -0.497 e. The minimum atomic E-state index is -0.225. The number of carbonyl (C=O) groups excluding carboxylic acids is 2. The van der Waals surface area contributed by atoms with Crippen LogP contribution in [-0.2, 0) is 11.3 Å². The SMILES string of the molecule is COc1ccc(CNC(=O)CNC(=O)c2ccc(C)s2)cc1. The highest BCUT2D eigenvalue weighted by Crippen LogP contribution is 2.14. The Morgan fingerprint density at radius 3 is 2.41 bits per heavy atom. The van der Waals surface area contributed by atoms with Crippen LogP contribution in [0, 0.1) is 6.92 Å². The van der Waals surface area contributed by atoms with Crippen LogP contribution in [0.1, 0.15) is 20.1 Å². The first-order valence-corrected chi connectivity index (χ1v) is 7.64. The molecule has 2 rings (SSSR count). The van der Waals surface area contributed by atoms with E-state index in [1.165, 1.54) is 11.3 Å². The number of hydrogen-bond donors (Lipinski definition) is 2. The van der Waals surface area contributed by atoms with Gasteiger partial charge in [0.25, 0.3) is 5.91 Å². The second-order valence-electron chi connectivity index (χ2n) is 4.72. The first-order chi connectivity index (χ1) is 10.6. The molecule has 0 atom stereocenters. The van der Waals surface area contributed by atoms with Crippen LogP contribution in [0.2, 0.25) is 0 Å². The predicted molar refractivity (Wildman–Crippen MR) is 86.2 cm³/mol. The molecule has 5 nitrogen and oxygen atoms in total. The molecule has 0 spiro atoms. The van der Waals surface area contributed by atoms with Crippen molar-refractivity contribution < 1.29 is 14.3 Å². The van der Waals surface area contributed by atoms with Gasteiger partial charge in [0.05, 0.1) is 18.5 Å². The Morgan fingerprint density at radius 1 is 1.09 bits per heavy atom. The molecule has 0 radical (unpaired) electrons. The van der Waals surface area contributed by atoms with Crippen LogP contribution in [-0.4, -0.2) is 25.5 Å². The van der Waals surface area contributed by atoms with E-state index in [9.17, 15) is 9.59 Å². The molecule has 1 aromatic heterocycles. The van der Waals surface area contributed by atoms with Crippen molar-refractivity contribution in [1.29, 1.82) is 0 Å². The van der Waals surface area contributed by atoms with Crippen LogP contribution in [0.15, 0.2) is 36.4 Å². The van der Waals surface area contributed by atoms with Gasteiger partial charge >= 0.3 is 0 Å². The summed E-state index contributed by atoms with van der Waals surface area (Å²) < 4.78 is 5.07. The smallest absolute Gasteiger partial charge is 0.261 e. The third-order valence-corrected chi connectivity index (χ3v) is 4.02. The fraction of sp³-hybridized carbons (Fsp3) is 0.250. The Kier molecular flexibility index (Phi) is 5.55. The Bertz CT molecular complexity index is 650. The number of nitrogens with one attached hydrogen (secondary N) is 2. The van der Waals surface area contributed by atoms with Crippen molar-refractivity contribution in [3.8, 4) is 5.75 Å². The lowest BCUT2D eigenvalue weighted by atomic mass is 10.2. The van der Waals surface area contributed by atoms with Gasteiger partial charge in [-0.15, -0.1) is 11.3 Å². The van der Waals surface area contributed by atoms with E-state index in [1.807, 2.05) is 37.3 Å². The van der Waals surface area contributed by atoms with Crippen LogP contribution in [0.4, 0.5) is 0 Å². The summed E-state index contributed by atoms with van der Waals surface area (Å²) in [6, 6.07) is 11.1. The molecule has 0 fully saturated rings. The Balaban J connectivity index is 1.74. The fourth-order valence-corrected chi connectivity index (χ4v) is 2.59. The van der Waals surface area contributed by atoms with Crippen molar-refractivity contribution >= 4 is 23.2 Å². The van der Waals surface area contributed by atoms with E-state index in [0.29, 0.717) is 11.4 Å². The number of aryl methyl sites for hydroxylation is 1. The summed E-state index contributed by atoms with van der Waals surface area (Å²) >= 11 is 1.41. The molecule has 116 valence electrons. The Hall–Kier alpha value is -2.34. The largest absolute Gasteiger partial charge is 0.497 e. The first kappa shape index (κ1) is 16.0. The zero-order chi connectivity index (χ0) is 15.9. The average Bonchev–Trinajstić information content (AvgIpc) is 2.97. The van der Waals surface area contributed by atoms with Crippen molar-refractivity contribution in [3.63, 3.8) is 0 Å². The number of carbonyl (C=O) groups is 2. The summed E-state index contributed by atoms with van der Waals surface area (Å²) in [6.45, 7) is 2.31. The minimum absolute atomic E-state index is 0.0358. The highest BCUT2D eigenvalue weighted by Gasteiger charge is 2.09. The van der Waals surface area contributed by atoms with E-state index in [0.717, 1.165) is 16.2 Å². The van der Waals surface area contributed by atoms with E-state index >= 15 is 0 Å². The molecule has 0 unspecified atom stereocenters. The van der Waals surface area contributed by atoms with Gasteiger partial charge in [-0.1, -0.05) is 12.1 Å². The zero-order valence-electron chi connectivity index (χ0n) is 12.5. The van der Waals surface area contributed by atoms with Gasteiger partial charge in [0.2, 0.25) is 5.91 Å². The first-order valence-electron chi connectivity index (χ1n) is 6.83. The molecule has 2 N–H and O–H groups in total. The summed E-state index contributed by atoms with van der Waals surface area (Å²) in [5, 5.41) is 5.36. The quantitative estimate of drug-likeness (QED) is 0.857. The molecule has 2 aromatic rings. The highest BCUT2D eigenvalue weighted by molar-refractivity contribution is 7.13. The second kappa shape index (κ2) is 7.61. The van der Waals surface area contributed by atoms with Gasteiger partial charge in [-0.2, -0.15) is 0 Å². The maximum absolute atomic E-state index is 11.8. The zero-order valence-corrected chi connectivity index (χ0v) is 13.3. The summed E-state index contributed by atoms with van der Waals surface area (Å²) in [5.74, 6) is 0.323. The molecule has 22 heavy (non-hydrogen) atoms. The van der Waals surface area contributed by atoms with Crippen LogP contribution in [0.3, 0.4) is 0 Å². The number of amides is 2. The standard InChI is InChI=1S/C16H18N2O3S/c1-11-3-8-14(22-11)16(20)18-10-15(19)17-9-12-4-6-13(21-2)7-5-12/h3-8H,9-10H2,1-2H3,(H,17,19)(H,18,20). The average molecular weight is 318 g/mol. The lowest BCUT2D eigenvalue weighted by molar-refractivity contribution is -0.120. The van der Waals surface area contributed by atoms with Gasteiger partial charge < -0.3 is 15.4 Å². The van der Waals surface area contributed by atoms with Crippen molar-refractivity contribution in [2.24, 2.45) is 0 Å². The summed E-state index contributed by atoms with van der Waals surface area (Å²) in [5.41, 5.74) is 0.967. The van der Waals surface area contributed by atoms with Crippen LogP contribution in [0.5, 0.6) is 5.75 Å². The van der Waals surface area contributed by atoms with Crippen molar-refractivity contribution in [2.75, 3.05) is 13.7 Å². The van der Waals surface area contributed by atoms with Gasteiger partial charge in [0.1, 0.15) is 5.75 Å². The molecule has 0 aliphatic carbocycles. The molecule has 0 saturated carbocycles. The van der Waals surface area contributed by atoms with Crippen LogP contribution < -0.4 is 15.4 Å². The Morgan fingerprint density at radius 2 is 1.82 bits per heavy atom. The van der Waals surface area contributed by atoms with Crippen LogP contribution >= 0.6 is 11.3 Å². The second-order valence-corrected chi connectivity index (χ2v) is 6.01. The Labute approximate surface area is 133 Å². The number of benzene rings is 1. The molecule has 0 aliphatic rings. The molecule has 0 saturated heterocycles. The highest BCUT2D eigenvalue weighted by atomic mass is 32.1. The van der Waals surface area contributed by atoms with Gasteiger partial charge in [0.15, 0.2) is 0 Å². The van der Waals surface area contributed by atoms with Crippen molar-refractivity contribution in [3.05, 3.63) is 51.7 Å². The van der Waals surface area contributed by atoms with E-state index in [4.69, 9.17) is 4.74 Å². The van der Waals surface area contributed by atoms with E-state index in [2.05, 4.69) is 10.6 Å². The summed E-state index contributed by atoms with van der Waals surface area (Å²) in [4.78, 5) is 25.2. The maximum Gasteiger partial charge on any atom is 0.261 e. The van der Waals surface area contributed by atoms with Crippen molar-refractivity contribution in [2.45, 2.75) is 13.5 Å². The number of methoxy groups -OCH3 is 1. The van der Waals surface area contributed by atoms with Crippen LogP contribution in [0.25, 0.3) is 0 Å². The molecular weight excluding hydrogens is 300 g/mol. The fourth-order valence-electron chi connectivity index (χ4n) is 1.81. The molecule has 1 aromatic carbocycles. The molecule has 6 heteroatoms. The normalized spacial score (nSPS) is 10.1. The summed E-state index contributed by atoms with van der Waals surface area (Å²) in [6.07, 6.45) is 0. The van der Waals surface area contributed by atoms with E-state index in [-0.39, 0.29) is 18.4 Å². The number of hydrogen-bond acceptors (Lipinski definition) is 4. The lowest BCUT2D eigenvalue weighted by Crippen LogP contribution is -2.36. The van der Waals surface area contributed by atoms with Gasteiger partial charge in [0, 0.05) is 11.4 Å². The monoisotopic (exact) mass is 318 g/mol. The lowest BCUT2D eigenvalue weighted by Gasteiger charge is -2.07. The molecular formula is C16H18N2O3S. The predicted octanol–water partition coefficient (Wildman–Crippen LogP) is 2.11. The third kappa shape index (κ3) is 4.60. The molecule has 2 amide bonds. The van der Waals surface area contributed by atoms with E-state index < -0.39 is 0 Å². The topological polar surface area (TPSA) is 67.4 Å². The van der Waals surface area contributed by atoms with E-state index in [1.54, 1.807) is 13.2 Å². The van der Waals surface area contributed by atoms with Gasteiger partial charge in [-0.25, -0.2) is 0 Å². The van der Waals surface area contributed by atoms with Gasteiger partial charge in [-0.3, -0.25) is 9.59 Å². The summed E-state index contributed by atoms with van der Waals surface area (Å²) in [7, 11) is 1.61. The molecule has 0 bridgehead atoms. The number of ether oxygens (including phenoxy) is 1. The van der Waals surface area contributed by atoms with Gasteiger partial charge in [-0.05, 0) is 36.8 Å².